The van der Waals surface area contributed by atoms with Gasteiger partial charge in [0, 0.05) is 16.3 Å². The van der Waals surface area contributed by atoms with Gasteiger partial charge in [-0.2, -0.15) is 4.74 Å². The third-order valence-electron chi connectivity index (χ3n) is 2.25. The third-order valence-corrected chi connectivity index (χ3v) is 2.48. The Bertz CT molecular complexity index is 587. The zero-order chi connectivity index (χ0) is 10.4. The molecule has 0 bridgehead atoms. The molecule has 0 fully saturated rings. The molecule has 6 heteroatoms. The molecule has 5 nitrogen and oxygen atoms in total. The van der Waals surface area contributed by atoms with E-state index in [1.165, 1.54) is 4.74 Å². The summed E-state index contributed by atoms with van der Waals surface area (Å²) >= 11 is 5.86. The van der Waals surface area contributed by atoms with Crippen molar-refractivity contribution in [1.29, 1.82) is 0 Å². The Morgan fingerprint density at radius 3 is 3.27 bits per heavy atom. The van der Waals surface area contributed by atoms with Crippen molar-refractivity contribution in [2.75, 3.05) is 5.32 Å². The Kier molecular flexibility index (Phi) is 1.63. The van der Waals surface area contributed by atoms with Crippen molar-refractivity contribution in [3.05, 3.63) is 39.3 Å². The predicted octanol–water partition coefficient (Wildman–Crippen LogP) is 1.59. The molecular formula is C9H6ClN3O2. The predicted molar refractivity (Wildman–Crippen MR) is 54.6 cm³/mol. The molecule has 0 spiro atoms. The van der Waals surface area contributed by atoms with Gasteiger partial charge < -0.3 is 9.84 Å². The van der Waals surface area contributed by atoms with Crippen LogP contribution in [0.25, 0.3) is 0 Å². The van der Waals surface area contributed by atoms with Gasteiger partial charge in [0.25, 0.3) is 0 Å². The Morgan fingerprint density at radius 2 is 2.40 bits per heavy atom. The highest BCUT2D eigenvalue weighted by Gasteiger charge is 2.18. The summed E-state index contributed by atoms with van der Waals surface area (Å²) in [6, 6.07) is 5.45. The van der Waals surface area contributed by atoms with Crippen LogP contribution < -0.4 is 11.1 Å². The average Bonchev–Trinajstić information content (AvgIpc) is 2.53. The van der Waals surface area contributed by atoms with Crippen molar-refractivity contribution < 1.29 is 4.52 Å². The number of rotatable bonds is 0. The fraction of sp³-hybridized carbons (Fsp3) is 0.111. The van der Waals surface area contributed by atoms with Gasteiger partial charge in [-0.1, -0.05) is 11.6 Å². The summed E-state index contributed by atoms with van der Waals surface area (Å²) in [6.45, 7) is 0.466. The topological polar surface area (TPSA) is 60.1 Å². The van der Waals surface area contributed by atoms with E-state index in [4.69, 9.17) is 16.1 Å². The molecule has 0 saturated carbocycles. The van der Waals surface area contributed by atoms with Gasteiger partial charge in [0.15, 0.2) is 0 Å². The zero-order valence-electron chi connectivity index (χ0n) is 7.53. The minimum atomic E-state index is -0.601. The SMILES string of the molecule is O=c1nc2n(o1)Cc1cc(Cl)ccc1N2. The molecule has 15 heavy (non-hydrogen) atoms. The van der Waals surface area contributed by atoms with Crippen molar-refractivity contribution in [3.8, 4) is 0 Å². The number of fused-ring (bicyclic) bond motifs is 2. The monoisotopic (exact) mass is 223 g/mol. The number of nitrogens with zero attached hydrogens (tertiary/aromatic N) is 2. The first-order valence-corrected chi connectivity index (χ1v) is 4.74. The number of halogens is 1. The smallest absolute Gasteiger partial charge is 0.323 e. The number of benzene rings is 1. The lowest BCUT2D eigenvalue weighted by molar-refractivity contribution is 0.267. The highest BCUT2D eigenvalue weighted by molar-refractivity contribution is 6.30. The van der Waals surface area contributed by atoms with E-state index in [1.807, 2.05) is 12.1 Å². The molecule has 1 aromatic heterocycles. The Hall–Kier alpha value is -1.75. The Morgan fingerprint density at radius 1 is 1.53 bits per heavy atom. The number of aromatic nitrogens is 2. The molecule has 1 aliphatic rings. The van der Waals surface area contributed by atoms with E-state index in [9.17, 15) is 4.79 Å². The van der Waals surface area contributed by atoms with Crippen LogP contribution in [0.5, 0.6) is 0 Å². The molecule has 0 unspecified atom stereocenters. The van der Waals surface area contributed by atoms with Gasteiger partial charge in [0.2, 0.25) is 5.95 Å². The lowest BCUT2D eigenvalue weighted by atomic mass is 10.1. The molecule has 0 amide bonds. The molecular weight excluding hydrogens is 218 g/mol. The molecule has 1 aliphatic heterocycles. The summed E-state index contributed by atoms with van der Waals surface area (Å²) in [6.07, 6.45) is 0. The molecule has 3 rings (SSSR count). The van der Waals surface area contributed by atoms with Gasteiger partial charge in [-0.25, -0.2) is 4.79 Å². The normalized spacial score (nSPS) is 12.9. The van der Waals surface area contributed by atoms with Crippen molar-refractivity contribution in [1.82, 2.24) is 9.72 Å². The van der Waals surface area contributed by atoms with Crippen LogP contribution in [0.4, 0.5) is 11.6 Å². The minimum absolute atomic E-state index is 0.426. The molecule has 0 saturated heterocycles. The van der Waals surface area contributed by atoms with Gasteiger partial charge in [-0.05, 0) is 18.2 Å². The van der Waals surface area contributed by atoms with Crippen LogP contribution in [0.3, 0.4) is 0 Å². The molecule has 0 radical (unpaired) electrons. The van der Waals surface area contributed by atoms with E-state index in [1.54, 1.807) is 6.07 Å². The second-order valence-electron chi connectivity index (χ2n) is 3.26. The Labute approximate surface area is 89.3 Å². The molecule has 2 heterocycles. The van der Waals surface area contributed by atoms with Crippen molar-refractivity contribution >= 4 is 23.2 Å². The van der Waals surface area contributed by atoms with Crippen LogP contribution in [0.1, 0.15) is 5.56 Å². The largest absolute Gasteiger partial charge is 0.461 e. The maximum Gasteiger partial charge on any atom is 0.461 e. The summed E-state index contributed by atoms with van der Waals surface area (Å²) < 4.78 is 6.25. The maximum absolute atomic E-state index is 10.9. The van der Waals surface area contributed by atoms with Crippen molar-refractivity contribution in [3.63, 3.8) is 0 Å². The van der Waals surface area contributed by atoms with Crippen molar-refractivity contribution in [2.24, 2.45) is 0 Å². The second kappa shape index (κ2) is 2.87. The standard InChI is InChI=1S/C9H6ClN3O2/c10-6-1-2-7-5(3-6)4-13-8(11-7)12-9(14)15-13/h1-3H,4H2,(H,11,12,14). The molecule has 1 N–H and O–H groups in total. The van der Waals surface area contributed by atoms with E-state index >= 15 is 0 Å². The second-order valence-corrected chi connectivity index (χ2v) is 3.69. The van der Waals surface area contributed by atoms with Crippen LogP contribution in [-0.2, 0) is 6.54 Å². The number of hydrogen-bond donors (Lipinski definition) is 1. The molecule has 0 aliphatic carbocycles. The lowest BCUT2D eigenvalue weighted by Gasteiger charge is -2.17. The van der Waals surface area contributed by atoms with Gasteiger partial charge in [0.1, 0.15) is 0 Å². The third kappa shape index (κ3) is 1.32. The summed E-state index contributed by atoms with van der Waals surface area (Å²) in [5.74, 6) is -0.175. The van der Waals surface area contributed by atoms with Gasteiger partial charge in [0.05, 0.1) is 6.54 Å². The van der Waals surface area contributed by atoms with E-state index in [2.05, 4.69) is 10.3 Å². The summed E-state index contributed by atoms with van der Waals surface area (Å²) in [4.78, 5) is 14.6. The highest BCUT2D eigenvalue weighted by Crippen LogP contribution is 2.28. The summed E-state index contributed by atoms with van der Waals surface area (Å²) in [5, 5.41) is 3.64. The van der Waals surface area contributed by atoms with E-state index < -0.39 is 5.76 Å². The summed E-state index contributed by atoms with van der Waals surface area (Å²) in [5.41, 5.74) is 1.86. The molecule has 1 aromatic carbocycles. The fourth-order valence-electron chi connectivity index (χ4n) is 1.59. The number of nitrogens with one attached hydrogen (secondary N) is 1. The highest BCUT2D eigenvalue weighted by atomic mass is 35.5. The van der Waals surface area contributed by atoms with Gasteiger partial charge >= 0.3 is 5.76 Å². The van der Waals surface area contributed by atoms with Crippen LogP contribution in [0, 0.1) is 0 Å². The van der Waals surface area contributed by atoms with E-state index in [-0.39, 0.29) is 0 Å². The lowest BCUT2D eigenvalue weighted by Crippen LogP contribution is -2.12. The first-order chi connectivity index (χ1) is 7.22. The molecule has 2 aromatic rings. The van der Waals surface area contributed by atoms with Crippen LogP contribution in [0.15, 0.2) is 27.5 Å². The van der Waals surface area contributed by atoms with Crippen LogP contribution >= 0.6 is 11.6 Å². The van der Waals surface area contributed by atoms with Gasteiger partial charge in [-0.3, -0.25) is 0 Å². The Balaban J connectivity index is 2.14. The first kappa shape index (κ1) is 8.55. The van der Waals surface area contributed by atoms with E-state index in [0.717, 1.165) is 11.3 Å². The van der Waals surface area contributed by atoms with Crippen LogP contribution in [-0.4, -0.2) is 9.72 Å². The fourth-order valence-corrected chi connectivity index (χ4v) is 1.78. The molecule has 0 atom stereocenters. The van der Waals surface area contributed by atoms with Gasteiger partial charge in [-0.15, -0.1) is 4.98 Å². The van der Waals surface area contributed by atoms with Crippen molar-refractivity contribution in [2.45, 2.75) is 6.54 Å². The zero-order valence-corrected chi connectivity index (χ0v) is 8.28. The van der Waals surface area contributed by atoms with Crippen LogP contribution in [0.2, 0.25) is 5.02 Å². The maximum atomic E-state index is 10.9. The van der Waals surface area contributed by atoms with E-state index in [0.29, 0.717) is 17.5 Å². The summed E-state index contributed by atoms with van der Waals surface area (Å²) in [7, 11) is 0. The average molecular weight is 224 g/mol. The number of anilines is 2. The molecule has 76 valence electrons. The number of hydrogen-bond acceptors (Lipinski definition) is 4. The first-order valence-electron chi connectivity index (χ1n) is 4.36. The minimum Gasteiger partial charge on any atom is -0.323 e. The quantitative estimate of drug-likeness (QED) is 0.629.